The van der Waals surface area contributed by atoms with Crippen LogP contribution in [-0.4, -0.2) is 28.1 Å². The van der Waals surface area contributed by atoms with E-state index in [-0.39, 0.29) is 11.3 Å². The molecular weight excluding hydrogens is 336 g/mol. The van der Waals surface area contributed by atoms with E-state index < -0.39 is 10.8 Å². The first-order valence-electron chi connectivity index (χ1n) is 7.61. The molecule has 1 N–H and O–H groups in total. The number of aromatic nitrogens is 2. The first-order valence-corrected chi connectivity index (χ1v) is 7.61. The standard InChI is InChI=1S/C18H14N4O4/c1-26-17-11-10-15(20-21-17)12-6-8-13(9-7-12)19-18(23)14-4-2-3-5-16(14)22(24)25/h2-11H,1H3,(H,19,23). The number of carbonyl (C=O) groups excluding carboxylic acids is 1. The molecule has 0 bridgehead atoms. The Morgan fingerprint density at radius 3 is 2.38 bits per heavy atom. The molecule has 0 aliphatic heterocycles. The van der Waals surface area contributed by atoms with E-state index in [0.717, 1.165) is 5.56 Å². The monoisotopic (exact) mass is 350 g/mol. The Balaban J connectivity index is 1.77. The van der Waals surface area contributed by atoms with Crippen LogP contribution in [0.1, 0.15) is 10.4 Å². The van der Waals surface area contributed by atoms with Crippen LogP contribution in [0, 0.1) is 10.1 Å². The molecule has 8 heteroatoms. The molecule has 0 spiro atoms. The van der Waals surface area contributed by atoms with Gasteiger partial charge in [0.25, 0.3) is 11.6 Å². The molecular formula is C18H14N4O4. The van der Waals surface area contributed by atoms with E-state index >= 15 is 0 Å². The van der Waals surface area contributed by atoms with E-state index in [1.807, 2.05) is 0 Å². The Morgan fingerprint density at radius 1 is 1.04 bits per heavy atom. The number of para-hydroxylation sites is 1. The number of nitrogens with zero attached hydrogens (tertiary/aromatic N) is 3. The largest absolute Gasteiger partial charge is 0.480 e. The number of anilines is 1. The number of nitro benzene ring substituents is 1. The maximum atomic E-state index is 12.3. The topological polar surface area (TPSA) is 107 Å². The van der Waals surface area contributed by atoms with Crippen molar-refractivity contribution >= 4 is 17.3 Å². The van der Waals surface area contributed by atoms with Gasteiger partial charge in [-0.3, -0.25) is 14.9 Å². The number of ether oxygens (including phenoxy) is 1. The van der Waals surface area contributed by atoms with Crippen LogP contribution in [0.25, 0.3) is 11.3 Å². The van der Waals surface area contributed by atoms with Crippen molar-refractivity contribution in [3.8, 4) is 17.1 Å². The van der Waals surface area contributed by atoms with Crippen LogP contribution in [0.5, 0.6) is 5.88 Å². The molecule has 8 nitrogen and oxygen atoms in total. The smallest absolute Gasteiger partial charge is 0.282 e. The number of hydrogen-bond donors (Lipinski definition) is 1. The summed E-state index contributed by atoms with van der Waals surface area (Å²) in [4.78, 5) is 22.8. The van der Waals surface area contributed by atoms with Gasteiger partial charge >= 0.3 is 0 Å². The number of amides is 1. The minimum Gasteiger partial charge on any atom is -0.480 e. The number of carbonyl (C=O) groups is 1. The number of hydrogen-bond acceptors (Lipinski definition) is 6. The van der Waals surface area contributed by atoms with Crippen LogP contribution < -0.4 is 10.1 Å². The molecule has 1 amide bonds. The third-order valence-corrected chi connectivity index (χ3v) is 3.63. The SMILES string of the molecule is COc1ccc(-c2ccc(NC(=O)c3ccccc3[N+](=O)[O-])cc2)nn1. The first-order chi connectivity index (χ1) is 12.6. The summed E-state index contributed by atoms with van der Waals surface area (Å²) in [7, 11) is 1.51. The average molecular weight is 350 g/mol. The zero-order valence-corrected chi connectivity index (χ0v) is 13.7. The van der Waals surface area contributed by atoms with Crippen molar-refractivity contribution in [1.82, 2.24) is 10.2 Å². The Morgan fingerprint density at radius 2 is 1.77 bits per heavy atom. The Hall–Kier alpha value is -3.81. The molecule has 1 heterocycles. The summed E-state index contributed by atoms with van der Waals surface area (Å²) in [6.07, 6.45) is 0. The van der Waals surface area contributed by atoms with Gasteiger partial charge in [0.05, 0.1) is 17.7 Å². The molecule has 0 aliphatic rings. The van der Waals surface area contributed by atoms with Crippen LogP contribution in [0.15, 0.2) is 60.7 Å². The number of nitrogens with one attached hydrogen (secondary N) is 1. The molecule has 2 aromatic carbocycles. The lowest BCUT2D eigenvalue weighted by atomic mass is 10.1. The Kier molecular flexibility index (Phi) is 4.84. The van der Waals surface area contributed by atoms with Gasteiger partial charge in [-0.2, -0.15) is 0 Å². The number of rotatable bonds is 5. The molecule has 1 aromatic heterocycles. The van der Waals surface area contributed by atoms with Crippen molar-refractivity contribution in [2.45, 2.75) is 0 Å². The maximum Gasteiger partial charge on any atom is 0.282 e. The molecule has 0 fully saturated rings. The van der Waals surface area contributed by atoms with Crippen LogP contribution in [0.4, 0.5) is 11.4 Å². The molecule has 3 rings (SSSR count). The number of benzene rings is 2. The fourth-order valence-electron chi connectivity index (χ4n) is 2.33. The minimum atomic E-state index is -0.583. The predicted molar refractivity (Wildman–Crippen MR) is 95.1 cm³/mol. The summed E-state index contributed by atoms with van der Waals surface area (Å²) in [5.74, 6) is -0.128. The minimum absolute atomic E-state index is 0.00241. The molecule has 0 radical (unpaired) electrons. The maximum absolute atomic E-state index is 12.3. The fourth-order valence-corrected chi connectivity index (χ4v) is 2.33. The highest BCUT2D eigenvalue weighted by Gasteiger charge is 2.19. The van der Waals surface area contributed by atoms with Gasteiger partial charge in [-0.1, -0.05) is 24.3 Å². The molecule has 0 saturated carbocycles. The average Bonchev–Trinajstić information content (AvgIpc) is 2.68. The van der Waals surface area contributed by atoms with Crippen LogP contribution in [0.2, 0.25) is 0 Å². The Labute approximate surface area is 148 Å². The molecule has 130 valence electrons. The van der Waals surface area contributed by atoms with Crippen molar-refractivity contribution in [2.24, 2.45) is 0 Å². The van der Waals surface area contributed by atoms with Crippen LogP contribution >= 0.6 is 0 Å². The lowest BCUT2D eigenvalue weighted by Gasteiger charge is -2.07. The molecule has 3 aromatic rings. The van der Waals surface area contributed by atoms with E-state index in [0.29, 0.717) is 17.3 Å². The van der Waals surface area contributed by atoms with E-state index in [2.05, 4.69) is 15.5 Å². The van der Waals surface area contributed by atoms with E-state index in [1.165, 1.54) is 25.3 Å². The van der Waals surface area contributed by atoms with Gasteiger partial charge in [-0.05, 0) is 24.3 Å². The quantitative estimate of drug-likeness (QED) is 0.559. The summed E-state index contributed by atoms with van der Waals surface area (Å²) < 4.78 is 4.97. The highest BCUT2D eigenvalue weighted by molar-refractivity contribution is 6.07. The van der Waals surface area contributed by atoms with E-state index in [1.54, 1.807) is 42.5 Å². The highest BCUT2D eigenvalue weighted by atomic mass is 16.6. The zero-order chi connectivity index (χ0) is 18.5. The van der Waals surface area contributed by atoms with Gasteiger partial charge in [0.15, 0.2) is 0 Å². The second kappa shape index (κ2) is 7.39. The third-order valence-electron chi connectivity index (χ3n) is 3.63. The second-order valence-electron chi connectivity index (χ2n) is 5.27. The predicted octanol–water partition coefficient (Wildman–Crippen LogP) is 3.31. The molecule has 0 saturated heterocycles. The molecule has 0 aliphatic carbocycles. The summed E-state index contributed by atoms with van der Waals surface area (Å²) in [5, 5.41) is 21.6. The fraction of sp³-hybridized carbons (Fsp3) is 0.0556. The second-order valence-corrected chi connectivity index (χ2v) is 5.27. The van der Waals surface area contributed by atoms with Crippen molar-refractivity contribution in [3.63, 3.8) is 0 Å². The van der Waals surface area contributed by atoms with Gasteiger partial charge in [-0.15, -0.1) is 10.2 Å². The van der Waals surface area contributed by atoms with E-state index in [9.17, 15) is 14.9 Å². The van der Waals surface area contributed by atoms with Gasteiger partial charge in [0, 0.05) is 23.4 Å². The lowest BCUT2D eigenvalue weighted by Crippen LogP contribution is -2.13. The molecule has 26 heavy (non-hydrogen) atoms. The Bertz CT molecular complexity index is 940. The van der Waals surface area contributed by atoms with Crippen molar-refractivity contribution < 1.29 is 14.5 Å². The van der Waals surface area contributed by atoms with Crippen molar-refractivity contribution in [3.05, 3.63) is 76.3 Å². The first kappa shape index (κ1) is 17.0. The van der Waals surface area contributed by atoms with Crippen molar-refractivity contribution in [1.29, 1.82) is 0 Å². The van der Waals surface area contributed by atoms with Gasteiger partial charge in [0.2, 0.25) is 5.88 Å². The summed E-state index contributed by atoms with van der Waals surface area (Å²) in [6, 6.07) is 16.2. The normalized spacial score (nSPS) is 10.2. The van der Waals surface area contributed by atoms with Gasteiger partial charge < -0.3 is 10.1 Å². The van der Waals surface area contributed by atoms with Crippen molar-refractivity contribution in [2.75, 3.05) is 12.4 Å². The number of methoxy groups -OCH3 is 1. The highest BCUT2D eigenvalue weighted by Crippen LogP contribution is 2.22. The number of nitro groups is 1. The third kappa shape index (κ3) is 3.64. The van der Waals surface area contributed by atoms with Crippen LogP contribution in [-0.2, 0) is 0 Å². The van der Waals surface area contributed by atoms with Gasteiger partial charge in [-0.25, -0.2) is 0 Å². The molecule has 0 atom stereocenters. The van der Waals surface area contributed by atoms with E-state index in [4.69, 9.17) is 4.74 Å². The lowest BCUT2D eigenvalue weighted by molar-refractivity contribution is -0.385. The zero-order valence-electron chi connectivity index (χ0n) is 13.7. The summed E-state index contributed by atoms with van der Waals surface area (Å²) in [6.45, 7) is 0. The van der Waals surface area contributed by atoms with Gasteiger partial charge in [0.1, 0.15) is 5.56 Å². The summed E-state index contributed by atoms with van der Waals surface area (Å²) >= 11 is 0. The summed E-state index contributed by atoms with van der Waals surface area (Å²) in [5.41, 5.74) is 1.74. The molecule has 0 unspecified atom stereocenters. The van der Waals surface area contributed by atoms with Crippen LogP contribution in [0.3, 0.4) is 0 Å².